The smallest absolute Gasteiger partial charge is 0.465 e. The number of hydrogen-bond donors (Lipinski definition) is 1. The topological polar surface area (TPSA) is 116 Å². The van der Waals surface area contributed by atoms with Crippen molar-refractivity contribution in [3.05, 3.63) is 95.6 Å². The van der Waals surface area contributed by atoms with Crippen LogP contribution in [0.15, 0.2) is 83.8 Å². The summed E-state index contributed by atoms with van der Waals surface area (Å²) in [6, 6.07) is 15.9. The van der Waals surface area contributed by atoms with Crippen LogP contribution in [0.25, 0.3) is 0 Å². The fraction of sp³-hybridized carbons (Fsp3) is 0.167. The quantitative estimate of drug-likeness (QED) is 0.428. The third-order valence-corrected chi connectivity index (χ3v) is 6.90. The molecule has 3 aromatic carbocycles. The second-order valence-corrected chi connectivity index (χ2v) is 9.31. The summed E-state index contributed by atoms with van der Waals surface area (Å²) in [6.45, 7) is -0.466. The fourth-order valence-corrected chi connectivity index (χ4v) is 5.15. The van der Waals surface area contributed by atoms with Gasteiger partial charge in [0.25, 0.3) is 0 Å². The number of methoxy groups -OCH3 is 1. The Kier molecular flexibility index (Phi) is 8.00. The second-order valence-electron chi connectivity index (χ2n) is 7.45. The molecular formula is C24H21F3N2O6S. The summed E-state index contributed by atoms with van der Waals surface area (Å²) in [6.07, 6.45) is -5.16. The molecule has 0 saturated carbocycles. The second kappa shape index (κ2) is 10.8. The summed E-state index contributed by atoms with van der Waals surface area (Å²) in [5, 5.41) is 0. The maximum Gasteiger partial charge on any atom is 0.573 e. The van der Waals surface area contributed by atoms with Gasteiger partial charge in [-0.1, -0.05) is 54.6 Å². The Morgan fingerprint density at radius 3 is 2.08 bits per heavy atom. The number of carbonyl (C=O) groups excluding carboxylic acids is 2. The minimum atomic E-state index is -5.16. The van der Waals surface area contributed by atoms with Crippen LogP contribution in [0.3, 0.4) is 0 Å². The summed E-state index contributed by atoms with van der Waals surface area (Å²) in [7, 11) is -3.61. The number of nitrogens with two attached hydrogens (primary N) is 1. The Morgan fingerprint density at radius 1 is 0.944 bits per heavy atom. The van der Waals surface area contributed by atoms with Gasteiger partial charge >= 0.3 is 12.3 Å². The van der Waals surface area contributed by atoms with Gasteiger partial charge in [0.05, 0.1) is 12.7 Å². The van der Waals surface area contributed by atoms with E-state index in [4.69, 9.17) is 5.73 Å². The number of primary amides is 1. The number of benzene rings is 3. The molecule has 0 unspecified atom stereocenters. The van der Waals surface area contributed by atoms with Crippen LogP contribution < -0.4 is 10.5 Å². The minimum absolute atomic E-state index is 0.189. The van der Waals surface area contributed by atoms with Crippen molar-refractivity contribution in [2.45, 2.75) is 23.8 Å². The molecule has 1 atom stereocenters. The number of rotatable bonds is 9. The number of ether oxygens (including phenoxy) is 2. The molecule has 0 radical (unpaired) electrons. The molecule has 0 aromatic heterocycles. The standard InChI is InChI=1S/C24H21F3N2O6S/c1-34-23(31)18-13-11-16(12-14-18)15-29(21(22(28)30)17-7-3-2-4-8-17)36(32,33)20-10-6-5-9-19(20)35-24(25,26)27/h2-14,21H,15H2,1H3,(H2,28,30)/t21-/m1/s1. The molecule has 0 saturated heterocycles. The molecule has 0 fully saturated rings. The molecule has 0 bridgehead atoms. The van der Waals surface area contributed by atoms with Crippen molar-refractivity contribution in [1.29, 1.82) is 0 Å². The number of hydrogen-bond acceptors (Lipinski definition) is 6. The predicted molar refractivity (Wildman–Crippen MR) is 122 cm³/mol. The van der Waals surface area contributed by atoms with E-state index in [1.165, 1.54) is 55.6 Å². The van der Waals surface area contributed by atoms with Crippen LogP contribution in [-0.4, -0.2) is 38.1 Å². The van der Waals surface area contributed by atoms with Gasteiger partial charge in [0.2, 0.25) is 15.9 Å². The molecule has 2 N–H and O–H groups in total. The Balaban J connectivity index is 2.16. The Bertz CT molecular complexity index is 1330. The third kappa shape index (κ3) is 6.20. The summed E-state index contributed by atoms with van der Waals surface area (Å²) in [5.74, 6) is -2.64. The lowest BCUT2D eigenvalue weighted by atomic mass is 10.1. The van der Waals surface area contributed by atoms with E-state index in [-0.39, 0.29) is 11.1 Å². The lowest BCUT2D eigenvalue weighted by Gasteiger charge is -2.30. The maximum absolute atomic E-state index is 13.8. The number of carbonyl (C=O) groups is 2. The first kappa shape index (κ1) is 26.7. The van der Waals surface area contributed by atoms with Gasteiger partial charge in [-0.2, -0.15) is 4.31 Å². The Morgan fingerprint density at radius 2 is 1.53 bits per heavy atom. The Labute approximate surface area is 205 Å². The number of halogens is 3. The van der Waals surface area contributed by atoms with Gasteiger partial charge in [0.15, 0.2) is 0 Å². The summed E-state index contributed by atoms with van der Waals surface area (Å²) in [5.41, 5.74) is 6.32. The molecule has 36 heavy (non-hydrogen) atoms. The lowest BCUT2D eigenvalue weighted by Crippen LogP contribution is -2.41. The van der Waals surface area contributed by atoms with Crippen LogP contribution >= 0.6 is 0 Å². The van der Waals surface area contributed by atoms with Gasteiger partial charge < -0.3 is 15.2 Å². The van der Waals surface area contributed by atoms with E-state index in [1.54, 1.807) is 18.2 Å². The summed E-state index contributed by atoms with van der Waals surface area (Å²) >= 11 is 0. The first-order chi connectivity index (χ1) is 16.9. The molecule has 0 spiro atoms. The first-order valence-electron chi connectivity index (χ1n) is 10.3. The van der Waals surface area contributed by atoms with Crippen LogP contribution in [0, 0.1) is 0 Å². The highest BCUT2D eigenvalue weighted by Crippen LogP contribution is 2.36. The molecular weight excluding hydrogens is 501 g/mol. The summed E-state index contributed by atoms with van der Waals surface area (Å²) < 4.78 is 75.8. The number of nitrogens with zero attached hydrogens (tertiary/aromatic N) is 1. The van der Waals surface area contributed by atoms with E-state index in [2.05, 4.69) is 9.47 Å². The molecule has 0 aliphatic heterocycles. The largest absolute Gasteiger partial charge is 0.573 e. The first-order valence-corrected chi connectivity index (χ1v) is 11.8. The average molecular weight is 523 g/mol. The molecule has 0 heterocycles. The highest BCUT2D eigenvalue weighted by atomic mass is 32.2. The van der Waals surface area contributed by atoms with Crippen molar-refractivity contribution >= 4 is 21.9 Å². The zero-order valence-electron chi connectivity index (χ0n) is 18.8. The highest BCUT2D eigenvalue weighted by molar-refractivity contribution is 7.89. The molecule has 8 nitrogen and oxygen atoms in total. The van der Waals surface area contributed by atoms with Gasteiger partial charge in [-0.15, -0.1) is 13.2 Å². The molecule has 0 aliphatic carbocycles. The normalized spacial score (nSPS) is 12.7. The van der Waals surface area contributed by atoms with E-state index in [1.807, 2.05) is 0 Å². The zero-order valence-corrected chi connectivity index (χ0v) is 19.6. The zero-order chi connectivity index (χ0) is 26.5. The van der Waals surface area contributed by atoms with E-state index in [0.717, 1.165) is 12.1 Å². The number of sulfonamides is 1. The van der Waals surface area contributed by atoms with Gasteiger partial charge in [-0.3, -0.25) is 4.79 Å². The highest BCUT2D eigenvalue weighted by Gasteiger charge is 2.40. The molecule has 12 heteroatoms. The van der Waals surface area contributed by atoms with Crippen LogP contribution in [0.5, 0.6) is 5.75 Å². The number of alkyl halides is 3. The van der Waals surface area contributed by atoms with Crippen LogP contribution in [0.1, 0.15) is 27.5 Å². The van der Waals surface area contributed by atoms with Crippen LogP contribution in [0.4, 0.5) is 13.2 Å². The molecule has 3 aromatic rings. The van der Waals surface area contributed by atoms with Crippen molar-refractivity contribution in [2.24, 2.45) is 5.73 Å². The number of amides is 1. The van der Waals surface area contributed by atoms with Crippen molar-refractivity contribution in [3.63, 3.8) is 0 Å². The van der Waals surface area contributed by atoms with Crippen LogP contribution in [-0.2, 0) is 26.1 Å². The monoisotopic (exact) mass is 522 g/mol. The molecule has 3 rings (SSSR count). The Hall–Kier alpha value is -3.90. The number of esters is 1. The van der Waals surface area contributed by atoms with E-state index in [9.17, 15) is 31.2 Å². The van der Waals surface area contributed by atoms with Crippen molar-refractivity contribution in [2.75, 3.05) is 7.11 Å². The lowest BCUT2D eigenvalue weighted by molar-refractivity contribution is -0.275. The van der Waals surface area contributed by atoms with Gasteiger partial charge in [0, 0.05) is 6.54 Å². The summed E-state index contributed by atoms with van der Waals surface area (Å²) in [4.78, 5) is 23.5. The van der Waals surface area contributed by atoms with Crippen LogP contribution in [0.2, 0.25) is 0 Å². The maximum atomic E-state index is 13.8. The van der Waals surface area contributed by atoms with E-state index < -0.39 is 51.5 Å². The predicted octanol–water partition coefficient (Wildman–Crippen LogP) is 3.79. The molecule has 190 valence electrons. The molecule has 1 amide bonds. The van der Waals surface area contributed by atoms with Crippen molar-refractivity contribution < 1.29 is 40.7 Å². The average Bonchev–Trinajstić information content (AvgIpc) is 2.83. The van der Waals surface area contributed by atoms with Crippen molar-refractivity contribution in [3.8, 4) is 5.75 Å². The molecule has 0 aliphatic rings. The van der Waals surface area contributed by atoms with E-state index >= 15 is 0 Å². The SMILES string of the molecule is COC(=O)c1ccc(CN([C@@H](C(N)=O)c2ccccc2)S(=O)(=O)c2ccccc2OC(F)(F)F)cc1. The van der Waals surface area contributed by atoms with Crippen molar-refractivity contribution in [1.82, 2.24) is 4.31 Å². The third-order valence-electron chi connectivity index (χ3n) is 5.05. The van der Waals surface area contributed by atoms with E-state index in [0.29, 0.717) is 9.87 Å². The van der Waals surface area contributed by atoms with Gasteiger partial charge in [-0.25, -0.2) is 13.2 Å². The van der Waals surface area contributed by atoms with Gasteiger partial charge in [0.1, 0.15) is 16.7 Å². The minimum Gasteiger partial charge on any atom is -0.465 e. The van der Waals surface area contributed by atoms with Gasteiger partial charge in [-0.05, 0) is 35.4 Å². The fourth-order valence-electron chi connectivity index (χ4n) is 3.47. The number of para-hydroxylation sites is 1.